The van der Waals surface area contributed by atoms with E-state index in [9.17, 15) is 0 Å². The van der Waals surface area contributed by atoms with Gasteiger partial charge in [0, 0.05) is 31.8 Å². The molecular formula is C29H20BrN. The minimum Gasteiger partial charge on any atom is -0.308 e. The van der Waals surface area contributed by atoms with Crippen LogP contribution in [0.2, 0.25) is 0 Å². The second kappa shape index (κ2) is 5.49. The number of rotatable bonds is 0. The maximum atomic E-state index is 4.08. The van der Waals surface area contributed by atoms with Gasteiger partial charge in [0.25, 0.3) is 0 Å². The van der Waals surface area contributed by atoms with E-state index in [4.69, 9.17) is 0 Å². The first-order chi connectivity index (χ1) is 15.3. The van der Waals surface area contributed by atoms with Gasteiger partial charge in [0.2, 0.25) is 0 Å². The molecule has 1 saturated carbocycles. The zero-order valence-corrected chi connectivity index (χ0v) is 18.7. The van der Waals surface area contributed by atoms with Gasteiger partial charge in [0.1, 0.15) is 0 Å². The Morgan fingerprint density at radius 2 is 1.52 bits per heavy atom. The first kappa shape index (κ1) is 16.8. The van der Waals surface area contributed by atoms with Gasteiger partial charge in [-0.25, -0.2) is 0 Å². The number of halogens is 1. The van der Waals surface area contributed by atoms with Crippen molar-refractivity contribution in [2.75, 3.05) is 0 Å². The number of benzene rings is 4. The van der Waals surface area contributed by atoms with E-state index in [0.29, 0.717) is 0 Å². The van der Waals surface area contributed by atoms with Crippen LogP contribution in [0.5, 0.6) is 0 Å². The Morgan fingerprint density at radius 1 is 0.742 bits per heavy atom. The van der Waals surface area contributed by atoms with Crippen LogP contribution in [0.3, 0.4) is 0 Å². The molecule has 2 aliphatic carbocycles. The first-order valence-electron chi connectivity index (χ1n) is 11.3. The average Bonchev–Trinajstić information content (AvgIpc) is 3.46. The summed E-state index contributed by atoms with van der Waals surface area (Å²) in [6.45, 7) is 0. The van der Waals surface area contributed by atoms with Crippen molar-refractivity contribution in [3.63, 3.8) is 0 Å². The molecule has 0 unspecified atom stereocenters. The highest BCUT2D eigenvalue weighted by Crippen LogP contribution is 2.64. The second-order valence-electron chi connectivity index (χ2n) is 9.39. The number of hydrogen-bond acceptors (Lipinski definition) is 0. The Labute approximate surface area is 189 Å². The minimum atomic E-state index is 0.154. The molecule has 1 aliphatic heterocycles. The third-order valence-corrected chi connectivity index (χ3v) is 8.74. The van der Waals surface area contributed by atoms with Gasteiger partial charge in [-0.15, -0.1) is 0 Å². The molecule has 0 atom stereocenters. The molecular weight excluding hydrogens is 442 g/mol. The summed E-state index contributed by atoms with van der Waals surface area (Å²) in [7, 11) is 0. The van der Waals surface area contributed by atoms with Crippen LogP contribution >= 0.6 is 15.9 Å². The lowest BCUT2D eigenvalue weighted by molar-refractivity contribution is 0.548. The molecule has 1 nitrogen and oxygen atoms in total. The Kier molecular flexibility index (Phi) is 2.98. The summed E-state index contributed by atoms with van der Waals surface area (Å²) in [5.41, 5.74) is 12.9. The normalized spacial score (nSPS) is 16.9. The van der Waals surface area contributed by atoms with Crippen LogP contribution in [0, 0.1) is 0 Å². The molecule has 0 bridgehead atoms. The predicted molar refractivity (Wildman–Crippen MR) is 132 cm³/mol. The van der Waals surface area contributed by atoms with Crippen LogP contribution < -0.4 is 0 Å². The van der Waals surface area contributed by atoms with Crippen LogP contribution in [0.1, 0.15) is 36.8 Å². The fraction of sp³-hybridized carbons (Fsp3) is 0.172. The highest BCUT2D eigenvalue weighted by molar-refractivity contribution is 9.10. The molecule has 0 saturated heterocycles. The van der Waals surface area contributed by atoms with E-state index >= 15 is 0 Å². The molecule has 1 spiro atoms. The summed E-state index contributed by atoms with van der Waals surface area (Å²) in [5, 5.41) is 2.69. The summed E-state index contributed by atoms with van der Waals surface area (Å²) in [6, 6.07) is 27.3. The Hall–Kier alpha value is -2.84. The molecule has 0 amide bonds. The van der Waals surface area contributed by atoms with Crippen molar-refractivity contribution in [2.24, 2.45) is 0 Å². The molecule has 3 aliphatic rings. The molecule has 1 fully saturated rings. The third-order valence-electron chi connectivity index (χ3n) is 8.11. The standard InChI is InChI=1S/C29H20BrN/c30-22-16-20-18-9-2-4-13-24(18)31-23-12-3-1-8-17(23)19-10-7-11-21-25(19)26(28(20)31)27(22)29(21)14-5-6-15-29/h1-4,7-13,16H,5-6,14-15H2. The lowest BCUT2D eigenvalue weighted by Crippen LogP contribution is -2.21. The largest absolute Gasteiger partial charge is 0.308 e. The van der Waals surface area contributed by atoms with E-state index in [-0.39, 0.29) is 5.41 Å². The summed E-state index contributed by atoms with van der Waals surface area (Å²) in [6.07, 6.45) is 5.13. The number of nitrogens with zero attached hydrogens (tertiary/aromatic N) is 1. The van der Waals surface area contributed by atoms with Crippen molar-refractivity contribution in [2.45, 2.75) is 31.1 Å². The van der Waals surface area contributed by atoms with Gasteiger partial charge < -0.3 is 4.57 Å². The van der Waals surface area contributed by atoms with E-state index in [1.807, 2.05) is 0 Å². The van der Waals surface area contributed by atoms with Crippen molar-refractivity contribution in [1.82, 2.24) is 4.57 Å². The summed E-state index contributed by atoms with van der Waals surface area (Å²) in [5.74, 6) is 0. The smallest absolute Gasteiger partial charge is 0.0623 e. The molecule has 2 heterocycles. The van der Waals surface area contributed by atoms with Crippen molar-refractivity contribution in [1.29, 1.82) is 0 Å². The van der Waals surface area contributed by atoms with Crippen molar-refractivity contribution in [3.05, 3.63) is 88.4 Å². The fourth-order valence-corrected chi connectivity index (χ4v) is 7.84. The maximum Gasteiger partial charge on any atom is 0.0623 e. The molecule has 31 heavy (non-hydrogen) atoms. The van der Waals surface area contributed by atoms with Crippen LogP contribution in [0.4, 0.5) is 0 Å². The molecule has 0 radical (unpaired) electrons. The van der Waals surface area contributed by atoms with Crippen molar-refractivity contribution < 1.29 is 0 Å². The van der Waals surface area contributed by atoms with E-state index in [0.717, 1.165) is 0 Å². The van der Waals surface area contributed by atoms with E-state index in [1.165, 1.54) is 85.5 Å². The first-order valence-corrected chi connectivity index (χ1v) is 12.1. The molecule has 4 aromatic carbocycles. The van der Waals surface area contributed by atoms with Gasteiger partial charge >= 0.3 is 0 Å². The summed E-state index contributed by atoms with van der Waals surface area (Å²) < 4.78 is 3.83. The van der Waals surface area contributed by atoms with Gasteiger partial charge in [-0.2, -0.15) is 0 Å². The molecule has 8 rings (SSSR count). The van der Waals surface area contributed by atoms with Gasteiger partial charge in [-0.05, 0) is 53.3 Å². The monoisotopic (exact) mass is 461 g/mol. The fourth-order valence-electron chi connectivity index (χ4n) is 7.03. The van der Waals surface area contributed by atoms with E-state index < -0.39 is 0 Å². The highest BCUT2D eigenvalue weighted by atomic mass is 79.9. The Bertz CT molecular complexity index is 1600. The van der Waals surface area contributed by atoms with Crippen LogP contribution in [0.15, 0.2) is 77.3 Å². The SMILES string of the molecule is Brc1cc2c3ccccc3n3c2c2c1C1(CCCC1)c1cccc(c1-2)-c1ccccc1-3. The quantitative estimate of drug-likeness (QED) is 0.214. The zero-order valence-electron chi connectivity index (χ0n) is 17.1. The number of hydrogen-bond donors (Lipinski definition) is 0. The Balaban J connectivity index is 1.74. The lowest BCUT2D eigenvalue weighted by atomic mass is 9.76. The molecule has 5 aromatic rings. The van der Waals surface area contributed by atoms with Gasteiger partial charge in [-0.1, -0.05) is 83.4 Å². The molecule has 2 heteroatoms. The minimum absolute atomic E-state index is 0.154. The Morgan fingerprint density at radius 3 is 2.42 bits per heavy atom. The zero-order chi connectivity index (χ0) is 20.3. The molecule has 148 valence electrons. The van der Waals surface area contributed by atoms with Gasteiger partial charge in [0.05, 0.1) is 16.7 Å². The lowest BCUT2D eigenvalue weighted by Gasteiger charge is -2.28. The highest BCUT2D eigenvalue weighted by Gasteiger charge is 2.49. The van der Waals surface area contributed by atoms with E-state index in [1.54, 1.807) is 5.56 Å². The summed E-state index contributed by atoms with van der Waals surface area (Å²) in [4.78, 5) is 0. The topological polar surface area (TPSA) is 4.93 Å². The van der Waals surface area contributed by atoms with Gasteiger partial charge in [0.15, 0.2) is 0 Å². The van der Waals surface area contributed by atoms with Crippen LogP contribution in [-0.2, 0) is 5.41 Å². The molecule has 1 aromatic heterocycles. The van der Waals surface area contributed by atoms with Gasteiger partial charge in [-0.3, -0.25) is 0 Å². The second-order valence-corrected chi connectivity index (χ2v) is 10.2. The maximum absolute atomic E-state index is 4.08. The number of aromatic nitrogens is 1. The third kappa shape index (κ3) is 1.78. The van der Waals surface area contributed by atoms with E-state index in [2.05, 4.69) is 93.3 Å². The number of fused-ring (bicyclic) bond motifs is 8. The van der Waals surface area contributed by atoms with Crippen LogP contribution in [-0.4, -0.2) is 4.57 Å². The number of para-hydroxylation sites is 2. The summed E-state index contributed by atoms with van der Waals surface area (Å²) >= 11 is 4.08. The van der Waals surface area contributed by atoms with Crippen molar-refractivity contribution in [3.8, 4) is 27.9 Å². The predicted octanol–water partition coefficient (Wildman–Crippen LogP) is 8.37. The average molecular weight is 462 g/mol. The van der Waals surface area contributed by atoms with Crippen LogP contribution in [0.25, 0.3) is 49.7 Å². The van der Waals surface area contributed by atoms with Crippen molar-refractivity contribution >= 4 is 37.7 Å². The molecule has 0 N–H and O–H groups in total.